The number of anilines is 1. The van der Waals surface area contributed by atoms with E-state index in [1.54, 1.807) is 4.57 Å². The Balaban J connectivity index is 1.96. The summed E-state index contributed by atoms with van der Waals surface area (Å²) < 4.78 is 7.32. The van der Waals surface area contributed by atoms with Crippen molar-refractivity contribution in [2.45, 2.75) is 44.9 Å². The molecule has 10 heteroatoms. The second-order valence-corrected chi connectivity index (χ2v) is 6.28. The van der Waals surface area contributed by atoms with Gasteiger partial charge in [0.15, 0.2) is 11.2 Å². The number of nitrogens with two attached hydrogens (primary N) is 1. The Kier molecular flexibility index (Phi) is 4.54. The van der Waals surface area contributed by atoms with Crippen LogP contribution in [0.5, 0.6) is 0 Å². The van der Waals surface area contributed by atoms with Crippen LogP contribution in [0.25, 0.3) is 11.2 Å². The number of imidazole rings is 1. The lowest BCUT2D eigenvalue weighted by molar-refractivity contribution is -0.0233. The lowest BCUT2D eigenvalue weighted by Crippen LogP contribution is -2.32. The zero-order valence-corrected chi connectivity index (χ0v) is 13.5. The van der Waals surface area contributed by atoms with E-state index in [2.05, 4.69) is 20.3 Å². The summed E-state index contributed by atoms with van der Waals surface area (Å²) in [5, 5.41) is 21.9. The maximum Gasteiger partial charge on any atom is 0.280 e. The number of aliphatic hydroxyl groups excluding tert-OH is 2. The Labute approximate surface area is 137 Å². The first kappa shape index (κ1) is 16.8. The highest BCUT2D eigenvalue weighted by atomic mass is 16.5. The molecule has 0 saturated carbocycles. The number of nitrogens with one attached hydrogen (secondary N) is 2. The molecule has 0 bridgehead atoms. The van der Waals surface area contributed by atoms with Gasteiger partial charge in [-0.2, -0.15) is 4.98 Å². The van der Waals surface area contributed by atoms with E-state index in [1.165, 1.54) is 6.33 Å². The number of aromatic nitrogens is 4. The average molecular weight is 338 g/mol. The lowest BCUT2D eigenvalue weighted by Gasteiger charge is -2.17. The lowest BCUT2D eigenvalue weighted by atomic mass is 10.1. The highest BCUT2D eigenvalue weighted by molar-refractivity contribution is 5.70. The Morgan fingerprint density at radius 2 is 2.33 bits per heavy atom. The Morgan fingerprint density at radius 1 is 1.58 bits per heavy atom. The second kappa shape index (κ2) is 6.48. The van der Waals surface area contributed by atoms with Crippen molar-refractivity contribution in [3.05, 3.63) is 16.7 Å². The average Bonchev–Trinajstić information content (AvgIpc) is 3.10. The van der Waals surface area contributed by atoms with Crippen molar-refractivity contribution in [1.82, 2.24) is 19.5 Å². The highest BCUT2D eigenvalue weighted by Crippen LogP contribution is 2.29. The van der Waals surface area contributed by atoms with E-state index in [4.69, 9.17) is 10.5 Å². The fourth-order valence-electron chi connectivity index (χ4n) is 2.61. The first-order chi connectivity index (χ1) is 11.4. The van der Waals surface area contributed by atoms with Gasteiger partial charge in [-0.3, -0.25) is 14.3 Å². The fourth-order valence-corrected chi connectivity index (χ4v) is 2.61. The van der Waals surface area contributed by atoms with Crippen LogP contribution in [0.15, 0.2) is 11.1 Å². The first-order valence-corrected chi connectivity index (χ1v) is 7.84. The standard InChI is InChI=1S/C14H22N6O4/c1-6(2)12(22)18-14-17-11-10(13(23)19-14)16-5-20(11)9-3-7(15)8(4-21)24-9/h5-9,12,21-22H,3-4,15H2,1-2H3,(H2,17,18,19,23)/t7-,8+,9+,12?/m0/s1. The third-order valence-corrected chi connectivity index (χ3v) is 4.12. The molecule has 2 aromatic rings. The molecule has 0 aliphatic carbocycles. The molecule has 6 N–H and O–H groups in total. The molecule has 132 valence electrons. The molecule has 0 spiro atoms. The number of aromatic amines is 1. The molecule has 1 fully saturated rings. The van der Waals surface area contributed by atoms with Crippen molar-refractivity contribution in [2.24, 2.45) is 11.7 Å². The van der Waals surface area contributed by atoms with Crippen molar-refractivity contribution in [1.29, 1.82) is 0 Å². The van der Waals surface area contributed by atoms with Crippen molar-refractivity contribution >= 4 is 17.1 Å². The molecule has 24 heavy (non-hydrogen) atoms. The van der Waals surface area contributed by atoms with Gasteiger partial charge in [-0.15, -0.1) is 0 Å². The third-order valence-electron chi connectivity index (χ3n) is 4.12. The molecule has 10 nitrogen and oxygen atoms in total. The van der Waals surface area contributed by atoms with Crippen molar-refractivity contribution < 1.29 is 14.9 Å². The van der Waals surface area contributed by atoms with Gasteiger partial charge in [0.1, 0.15) is 12.5 Å². The minimum Gasteiger partial charge on any atom is -0.394 e. The van der Waals surface area contributed by atoms with Crippen LogP contribution in [0, 0.1) is 5.92 Å². The third kappa shape index (κ3) is 3.00. The van der Waals surface area contributed by atoms with E-state index >= 15 is 0 Å². The summed E-state index contributed by atoms with van der Waals surface area (Å²) in [4.78, 5) is 23.1. The van der Waals surface area contributed by atoms with Crippen LogP contribution in [0.3, 0.4) is 0 Å². The summed E-state index contributed by atoms with van der Waals surface area (Å²) in [7, 11) is 0. The molecule has 0 amide bonds. The quantitative estimate of drug-likeness (QED) is 0.441. The van der Waals surface area contributed by atoms with Crippen LogP contribution in [0.2, 0.25) is 0 Å². The molecule has 1 saturated heterocycles. The number of hydrogen-bond acceptors (Lipinski definition) is 8. The largest absolute Gasteiger partial charge is 0.394 e. The van der Waals surface area contributed by atoms with E-state index in [-0.39, 0.29) is 30.0 Å². The summed E-state index contributed by atoms with van der Waals surface area (Å²) in [6, 6.07) is -0.306. The smallest absolute Gasteiger partial charge is 0.280 e. The van der Waals surface area contributed by atoms with E-state index in [1.807, 2.05) is 13.8 Å². The summed E-state index contributed by atoms with van der Waals surface area (Å²) in [6.07, 6.45) is 0.168. The summed E-state index contributed by atoms with van der Waals surface area (Å²) >= 11 is 0. The monoisotopic (exact) mass is 338 g/mol. The van der Waals surface area contributed by atoms with Gasteiger partial charge in [-0.1, -0.05) is 13.8 Å². The summed E-state index contributed by atoms with van der Waals surface area (Å²) in [5.41, 5.74) is 6.02. The fraction of sp³-hybridized carbons (Fsp3) is 0.643. The van der Waals surface area contributed by atoms with Crippen LogP contribution in [0.1, 0.15) is 26.5 Å². The van der Waals surface area contributed by atoms with Gasteiger partial charge in [0.2, 0.25) is 5.95 Å². The molecule has 1 aliphatic heterocycles. The molecule has 3 rings (SSSR count). The van der Waals surface area contributed by atoms with Gasteiger partial charge in [-0.25, -0.2) is 4.98 Å². The Hall–Kier alpha value is -2.01. The minimum atomic E-state index is -0.850. The number of nitrogens with zero attached hydrogens (tertiary/aromatic N) is 3. The summed E-state index contributed by atoms with van der Waals surface area (Å²) in [5.74, 6) is 0.0915. The number of H-pyrrole nitrogens is 1. The molecule has 0 aromatic carbocycles. The number of hydrogen-bond donors (Lipinski definition) is 5. The SMILES string of the molecule is CC(C)C(O)Nc1nc2c(ncn2[C@H]2C[C@H](N)[C@@H](CO)O2)c(=O)[nH]1. The second-order valence-electron chi connectivity index (χ2n) is 6.28. The van der Waals surface area contributed by atoms with E-state index in [9.17, 15) is 15.0 Å². The molecule has 4 atom stereocenters. The maximum absolute atomic E-state index is 12.2. The Bertz CT molecular complexity index is 772. The highest BCUT2D eigenvalue weighted by Gasteiger charge is 2.34. The predicted octanol–water partition coefficient (Wildman–Crippen LogP) is -0.887. The van der Waals surface area contributed by atoms with Gasteiger partial charge < -0.3 is 26.0 Å². The molecule has 1 aliphatic rings. The number of rotatable bonds is 5. The van der Waals surface area contributed by atoms with Crippen LogP contribution in [-0.2, 0) is 4.74 Å². The zero-order valence-electron chi connectivity index (χ0n) is 13.5. The Morgan fingerprint density at radius 3 is 2.96 bits per heavy atom. The van der Waals surface area contributed by atoms with E-state index < -0.39 is 24.1 Å². The van der Waals surface area contributed by atoms with Crippen LogP contribution in [0.4, 0.5) is 5.95 Å². The molecule has 3 heterocycles. The van der Waals surface area contributed by atoms with Gasteiger partial charge >= 0.3 is 0 Å². The first-order valence-electron chi connectivity index (χ1n) is 7.84. The van der Waals surface area contributed by atoms with Gasteiger partial charge in [0.25, 0.3) is 5.56 Å². The van der Waals surface area contributed by atoms with Gasteiger partial charge in [0.05, 0.1) is 19.0 Å². The van der Waals surface area contributed by atoms with Crippen LogP contribution < -0.4 is 16.6 Å². The van der Waals surface area contributed by atoms with Crippen molar-refractivity contribution in [3.63, 3.8) is 0 Å². The van der Waals surface area contributed by atoms with E-state index in [0.717, 1.165) is 0 Å². The topological polar surface area (TPSA) is 151 Å². The number of ether oxygens (including phenoxy) is 1. The van der Waals surface area contributed by atoms with Crippen molar-refractivity contribution in [3.8, 4) is 0 Å². The number of aliphatic hydroxyl groups is 2. The normalized spacial score (nSPS) is 25.5. The van der Waals surface area contributed by atoms with E-state index in [0.29, 0.717) is 12.1 Å². The van der Waals surface area contributed by atoms with Crippen LogP contribution >= 0.6 is 0 Å². The summed E-state index contributed by atoms with van der Waals surface area (Å²) in [6.45, 7) is 3.49. The minimum absolute atomic E-state index is 0.0580. The molecule has 0 radical (unpaired) electrons. The van der Waals surface area contributed by atoms with Crippen molar-refractivity contribution in [2.75, 3.05) is 11.9 Å². The molecular weight excluding hydrogens is 316 g/mol. The predicted molar refractivity (Wildman–Crippen MR) is 86.2 cm³/mol. The molecular formula is C14H22N6O4. The van der Waals surface area contributed by atoms with Crippen LogP contribution in [-0.4, -0.2) is 54.7 Å². The molecule has 1 unspecified atom stereocenters. The zero-order chi connectivity index (χ0) is 17.4. The molecule has 2 aromatic heterocycles. The van der Waals surface area contributed by atoms with Gasteiger partial charge in [0, 0.05) is 12.5 Å². The maximum atomic E-state index is 12.2. The number of fused-ring (bicyclic) bond motifs is 1. The van der Waals surface area contributed by atoms with Gasteiger partial charge in [-0.05, 0) is 5.92 Å².